The monoisotopic (exact) mass is 320 g/mol. The molecule has 2 rings (SSSR count). The first-order valence-corrected chi connectivity index (χ1v) is 7.98. The van der Waals surface area contributed by atoms with Crippen LogP contribution in [0.4, 0.5) is 4.39 Å². The van der Waals surface area contributed by atoms with E-state index in [0.717, 1.165) is 18.4 Å². The Morgan fingerprint density at radius 3 is 2.55 bits per heavy atom. The number of nitrogens with one attached hydrogen (secondary N) is 1. The molecule has 0 unspecified atom stereocenters. The Morgan fingerprint density at radius 2 is 1.91 bits per heavy atom. The van der Waals surface area contributed by atoms with Gasteiger partial charge in [-0.05, 0) is 48.8 Å². The van der Waals surface area contributed by atoms with Gasteiger partial charge in [0.1, 0.15) is 5.82 Å². The first-order chi connectivity index (χ1) is 10.6. The van der Waals surface area contributed by atoms with Crippen molar-refractivity contribution in [2.45, 2.75) is 38.1 Å². The molecule has 0 aliphatic heterocycles. The van der Waals surface area contributed by atoms with E-state index in [1.54, 1.807) is 18.2 Å². The van der Waals surface area contributed by atoms with Gasteiger partial charge >= 0.3 is 0 Å². The number of carbonyl (C=O) groups excluding carboxylic acids is 1. The van der Waals surface area contributed by atoms with Gasteiger partial charge < -0.3 is 4.90 Å². The fourth-order valence-electron chi connectivity index (χ4n) is 2.62. The fourth-order valence-corrected chi connectivity index (χ4v) is 2.86. The third kappa shape index (κ3) is 4.91. The molecule has 0 spiro atoms. The number of benzene rings is 1. The van der Waals surface area contributed by atoms with E-state index >= 15 is 0 Å². The first-order valence-electron chi connectivity index (χ1n) is 7.57. The highest BCUT2D eigenvalue weighted by Gasteiger charge is 2.20. The highest BCUT2D eigenvalue weighted by Crippen LogP contribution is 2.21. The standard InChI is InChI=1S/C17H21FN2OS/c1-20(15-5-3-2-4-6-15)17(22)19-16(21)12-9-13-7-10-14(18)11-8-13/h7-12,15H,2-6H2,1H3,(H,19,21,22)/b12-9+. The van der Waals surface area contributed by atoms with Gasteiger partial charge in [-0.2, -0.15) is 0 Å². The minimum absolute atomic E-state index is 0.267. The quantitative estimate of drug-likeness (QED) is 0.683. The van der Waals surface area contributed by atoms with Gasteiger partial charge in [0, 0.05) is 19.2 Å². The molecule has 22 heavy (non-hydrogen) atoms. The average molecular weight is 320 g/mol. The van der Waals surface area contributed by atoms with Crippen molar-refractivity contribution in [1.29, 1.82) is 0 Å². The van der Waals surface area contributed by atoms with Crippen LogP contribution in [0.3, 0.4) is 0 Å². The van der Waals surface area contributed by atoms with E-state index < -0.39 is 0 Å². The lowest BCUT2D eigenvalue weighted by Crippen LogP contribution is -2.45. The molecule has 0 radical (unpaired) electrons. The Morgan fingerprint density at radius 1 is 1.27 bits per heavy atom. The van der Waals surface area contributed by atoms with E-state index in [-0.39, 0.29) is 11.7 Å². The minimum Gasteiger partial charge on any atom is -0.349 e. The third-order valence-corrected chi connectivity index (χ3v) is 4.36. The molecule has 118 valence electrons. The number of hydrogen-bond acceptors (Lipinski definition) is 2. The molecule has 1 aromatic carbocycles. The Kier molecular flexibility index (Phi) is 6.07. The maximum absolute atomic E-state index is 12.8. The SMILES string of the molecule is CN(C(=S)NC(=O)/C=C/c1ccc(F)cc1)C1CCCCC1. The smallest absolute Gasteiger partial charge is 0.250 e. The summed E-state index contributed by atoms with van der Waals surface area (Å²) in [4.78, 5) is 13.9. The van der Waals surface area contributed by atoms with Crippen LogP contribution in [0.5, 0.6) is 0 Å². The highest BCUT2D eigenvalue weighted by atomic mass is 32.1. The molecular weight excluding hydrogens is 299 g/mol. The van der Waals surface area contributed by atoms with E-state index in [4.69, 9.17) is 12.2 Å². The summed E-state index contributed by atoms with van der Waals surface area (Å²) in [5.41, 5.74) is 0.767. The van der Waals surface area contributed by atoms with Gasteiger partial charge in [-0.1, -0.05) is 31.4 Å². The zero-order chi connectivity index (χ0) is 15.9. The van der Waals surface area contributed by atoms with Crippen molar-refractivity contribution in [1.82, 2.24) is 10.2 Å². The largest absolute Gasteiger partial charge is 0.349 e. The molecule has 1 fully saturated rings. The summed E-state index contributed by atoms with van der Waals surface area (Å²) in [7, 11) is 1.93. The average Bonchev–Trinajstić information content (AvgIpc) is 2.54. The Bertz CT molecular complexity index is 550. The molecule has 0 atom stereocenters. The second kappa shape index (κ2) is 8.03. The topological polar surface area (TPSA) is 32.3 Å². The molecule has 0 bridgehead atoms. The molecule has 1 N–H and O–H groups in total. The molecule has 1 aromatic rings. The molecule has 1 amide bonds. The van der Waals surface area contributed by atoms with Crippen LogP contribution < -0.4 is 5.32 Å². The van der Waals surface area contributed by atoms with Gasteiger partial charge in [0.25, 0.3) is 0 Å². The van der Waals surface area contributed by atoms with Crippen LogP contribution in [-0.4, -0.2) is 29.0 Å². The van der Waals surface area contributed by atoms with Gasteiger partial charge in [-0.3, -0.25) is 10.1 Å². The van der Waals surface area contributed by atoms with Crippen molar-refractivity contribution in [2.24, 2.45) is 0 Å². The summed E-state index contributed by atoms with van der Waals surface area (Å²) >= 11 is 5.29. The van der Waals surface area contributed by atoms with E-state index in [9.17, 15) is 9.18 Å². The van der Waals surface area contributed by atoms with Crippen LogP contribution in [0.15, 0.2) is 30.3 Å². The summed E-state index contributed by atoms with van der Waals surface area (Å²) in [5, 5.41) is 3.18. The Hall–Kier alpha value is -1.75. The van der Waals surface area contributed by atoms with Crippen molar-refractivity contribution >= 4 is 29.3 Å². The molecule has 1 aliphatic rings. The predicted octanol–water partition coefficient (Wildman–Crippen LogP) is 3.50. The molecule has 3 nitrogen and oxygen atoms in total. The van der Waals surface area contributed by atoms with E-state index in [1.807, 2.05) is 11.9 Å². The minimum atomic E-state index is -0.295. The number of hydrogen-bond donors (Lipinski definition) is 1. The first kappa shape index (κ1) is 16.6. The van der Waals surface area contributed by atoms with Crippen LogP contribution in [-0.2, 0) is 4.79 Å². The van der Waals surface area contributed by atoms with Crippen LogP contribution in [0.2, 0.25) is 0 Å². The second-order valence-corrected chi connectivity index (χ2v) is 5.97. The van der Waals surface area contributed by atoms with Gasteiger partial charge in [-0.25, -0.2) is 4.39 Å². The number of carbonyl (C=O) groups is 1. The summed E-state index contributed by atoms with van der Waals surface area (Å²) in [6.45, 7) is 0. The van der Waals surface area contributed by atoms with Crippen LogP contribution in [0, 0.1) is 5.82 Å². The molecule has 1 saturated carbocycles. The summed E-state index contributed by atoms with van der Waals surface area (Å²) in [6, 6.07) is 6.37. The molecular formula is C17H21FN2OS. The van der Waals surface area contributed by atoms with Crippen LogP contribution in [0.25, 0.3) is 6.08 Å². The van der Waals surface area contributed by atoms with E-state index in [0.29, 0.717) is 11.2 Å². The molecule has 5 heteroatoms. The molecule has 0 heterocycles. The lowest BCUT2D eigenvalue weighted by atomic mass is 9.95. The lowest BCUT2D eigenvalue weighted by molar-refractivity contribution is -0.115. The van der Waals surface area contributed by atoms with Gasteiger partial charge in [0.05, 0.1) is 0 Å². The maximum Gasteiger partial charge on any atom is 0.250 e. The zero-order valence-electron chi connectivity index (χ0n) is 12.7. The molecule has 0 aromatic heterocycles. The van der Waals surface area contributed by atoms with Gasteiger partial charge in [-0.15, -0.1) is 0 Å². The predicted molar refractivity (Wildman–Crippen MR) is 90.8 cm³/mol. The molecule has 0 saturated heterocycles. The highest BCUT2D eigenvalue weighted by molar-refractivity contribution is 7.80. The normalized spacial score (nSPS) is 15.7. The van der Waals surface area contributed by atoms with Crippen molar-refractivity contribution in [3.63, 3.8) is 0 Å². The van der Waals surface area contributed by atoms with E-state index in [1.165, 1.54) is 37.5 Å². The summed E-state index contributed by atoms with van der Waals surface area (Å²) < 4.78 is 12.8. The van der Waals surface area contributed by atoms with Crippen molar-refractivity contribution < 1.29 is 9.18 Å². The van der Waals surface area contributed by atoms with Gasteiger partial charge in [0.2, 0.25) is 5.91 Å². The van der Waals surface area contributed by atoms with Crippen LogP contribution in [0.1, 0.15) is 37.7 Å². The lowest BCUT2D eigenvalue weighted by Gasteiger charge is -2.32. The van der Waals surface area contributed by atoms with Crippen molar-refractivity contribution in [3.8, 4) is 0 Å². The number of halogens is 1. The fraction of sp³-hybridized carbons (Fsp3) is 0.412. The number of nitrogens with zero attached hydrogens (tertiary/aromatic N) is 1. The summed E-state index contributed by atoms with van der Waals surface area (Å²) in [6.07, 6.45) is 9.01. The number of amides is 1. The van der Waals surface area contributed by atoms with Gasteiger partial charge in [0.15, 0.2) is 5.11 Å². The van der Waals surface area contributed by atoms with Crippen LogP contribution >= 0.6 is 12.2 Å². The zero-order valence-corrected chi connectivity index (χ0v) is 13.5. The van der Waals surface area contributed by atoms with Crippen molar-refractivity contribution in [2.75, 3.05) is 7.05 Å². The number of rotatable bonds is 3. The second-order valence-electron chi connectivity index (χ2n) is 5.58. The third-order valence-electron chi connectivity index (χ3n) is 3.97. The number of thiocarbonyl (C=S) groups is 1. The summed E-state index contributed by atoms with van der Waals surface area (Å²) in [5.74, 6) is -0.561. The Balaban J connectivity index is 1.85. The van der Waals surface area contributed by atoms with Crippen molar-refractivity contribution in [3.05, 3.63) is 41.7 Å². The molecule has 1 aliphatic carbocycles. The maximum atomic E-state index is 12.8. The van der Waals surface area contributed by atoms with E-state index in [2.05, 4.69) is 5.32 Å². The Labute approximate surface area is 136 Å².